The standard InChI is InChI=1S/C25H23N7O3S3/c33-22(31-10-12-34-13-11-31)16-36-25-27-20-8-6-17(14-21(20)37-25)26-15-19-7-9-23(35-19)38-24-28-29-30-32(24)18-4-2-1-3-5-18/h2,4-9,14-15H,1,3,10-13,16H2/b26-15+. The first-order valence-corrected chi connectivity index (χ1v) is 14.7. The number of amides is 1. The number of carbonyl (C=O) groups is 1. The molecule has 0 saturated carbocycles. The third-order valence-electron chi connectivity index (χ3n) is 5.83. The third-order valence-corrected chi connectivity index (χ3v) is 8.83. The van der Waals surface area contributed by atoms with Crippen molar-refractivity contribution in [1.29, 1.82) is 0 Å². The number of aliphatic imine (C=N–C) groups is 1. The van der Waals surface area contributed by atoms with Crippen molar-refractivity contribution in [2.24, 2.45) is 4.99 Å². The fourth-order valence-corrected chi connectivity index (χ4v) is 6.67. The summed E-state index contributed by atoms with van der Waals surface area (Å²) in [6.45, 7) is 2.53. The lowest BCUT2D eigenvalue weighted by molar-refractivity contribution is -0.132. The van der Waals surface area contributed by atoms with E-state index in [0.29, 0.717) is 48.1 Å². The van der Waals surface area contributed by atoms with Crippen LogP contribution in [0.4, 0.5) is 5.69 Å². The van der Waals surface area contributed by atoms with E-state index >= 15 is 0 Å². The van der Waals surface area contributed by atoms with Crippen molar-refractivity contribution in [3.05, 3.63) is 54.3 Å². The first-order valence-electron chi connectivity index (χ1n) is 12.1. The number of hydrogen-bond acceptors (Lipinski definition) is 11. The molecule has 0 N–H and O–H groups in total. The second kappa shape index (κ2) is 11.6. The van der Waals surface area contributed by atoms with Gasteiger partial charge in [-0.1, -0.05) is 23.9 Å². The molecular weight excluding hydrogens is 543 g/mol. The van der Waals surface area contributed by atoms with E-state index in [-0.39, 0.29) is 5.91 Å². The zero-order chi connectivity index (χ0) is 25.7. The van der Waals surface area contributed by atoms with Gasteiger partial charge in [-0.15, -0.1) is 16.4 Å². The van der Waals surface area contributed by atoms with Crippen molar-refractivity contribution in [2.75, 3.05) is 32.1 Å². The molecule has 1 aliphatic carbocycles. The minimum atomic E-state index is 0.123. The third kappa shape index (κ3) is 5.90. The number of rotatable bonds is 8. The second-order valence-corrected chi connectivity index (χ2v) is 11.6. The highest BCUT2D eigenvalue weighted by Gasteiger charge is 2.18. The van der Waals surface area contributed by atoms with Crippen LogP contribution in [0.1, 0.15) is 18.6 Å². The number of fused-ring (bicyclic) bond motifs is 1. The highest BCUT2D eigenvalue weighted by Crippen LogP contribution is 2.33. The van der Waals surface area contributed by atoms with E-state index in [1.54, 1.807) is 22.2 Å². The van der Waals surface area contributed by atoms with Crippen LogP contribution in [-0.2, 0) is 9.53 Å². The normalized spacial score (nSPS) is 16.0. The summed E-state index contributed by atoms with van der Waals surface area (Å²) in [5, 5.41) is 13.4. The van der Waals surface area contributed by atoms with Gasteiger partial charge in [-0.3, -0.25) is 9.79 Å². The molecule has 3 aromatic heterocycles. The van der Waals surface area contributed by atoms with Crippen molar-refractivity contribution in [3.8, 4) is 0 Å². The molecule has 38 heavy (non-hydrogen) atoms. The van der Waals surface area contributed by atoms with Gasteiger partial charge in [0.2, 0.25) is 11.1 Å². The summed E-state index contributed by atoms with van der Waals surface area (Å²) in [6, 6.07) is 9.61. The number of morpholine rings is 1. The van der Waals surface area contributed by atoms with Crippen LogP contribution in [0.2, 0.25) is 0 Å². The number of carbonyl (C=O) groups excluding carboxylic acids is 1. The molecule has 0 spiro atoms. The molecule has 6 rings (SSSR count). The number of nitrogens with zero attached hydrogens (tertiary/aromatic N) is 7. The molecule has 0 radical (unpaired) electrons. The Hall–Kier alpha value is -3.26. The largest absolute Gasteiger partial charge is 0.448 e. The smallest absolute Gasteiger partial charge is 0.233 e. The van der Waals surface area contributed by atoms with Crippen LogP contribution in [0.15, 0.2) is 72.6 Å². The van der Waals surface area contributed by atoms with E-state index in [9.17, 15) is 4.79 Å². The van der Waals surface area contributed by atoms with Gasteiger partial charge in [-0.25, -0.2) is 4.98 Å². The lowest BCUT2D eigenvalue weighted by Crippen LogP contribution is -2.41. The van der Waals surface area contributed by atoms with Gasteiger partial charge in [0.15, 0.2) is 9.43 Å². The molecule has 0 atom stereocenters. The average molecular weight is 566 g/mol. The maximum atomic E-state index is 12.4. The molecule has 1 aromatic carbocycles. The molecule has 10 nitrogen and oxygen atoms in total. The van der Waals surface area contributed by atoms with Gasteiger partial charge >= 0.3 is 0 Å². The summed E-state index contributed by atoms with van der Waals surface area (Å²) in [4.78, 5) is 23.5. The number of ether oxygens (including phenoxy) is 1. The van der Waals surface area contributed by atoms with Crippen molar-refractivity contribution < 1.29 is 13.9 Å². The SMILES string of the molecule is O=C(CSc1nc2ccc(/N=C/c3ccc(Sc4nnnn4C4=CCCC=C4)o3)cc2s1)N1CCOCC1. The number of aromatic nitrogens is 5. The van der Waals surface area contributed by atoms with Crippen LogP contribution < -0.4 is 0 Å². The zero-order valence-corrected chi connectivity index (χ0v) is 22.7. The van der Waals surface area contributed by atoms with Gasteiger partial charge in [0.05, 0.1) is 46.8 Å². The Bertz CT molecular complexity index is 1530. The van der Waals surface area contributed by atoms with Crippen LogP contribution in [-0.4, -0.2) is 74.3 Å². The van der Waals surface area contributed by atoms with Crippen molar-refractivity contribution in [2.45, 2.75) is 27.4 Å². The summed E-state index contributed by atoms with van der Waals surface area (Å²) in [5.41, 5.74) is 2.65. The van der Waals surface area contributed by atoms with Gasteiger partial charge in [-0.2, -0.15) is 4.68 Å². The van der Waals surface area contributed by atoms with E-state index in [1.807, 2.05) is 41.3 Å². The number of thiazole rings is 1. The Kier molecular flexibility index (Phi) is 7.67. The Morgan fingerprint density at radius 3 is 2.97 bits per heavy atom. The molecule has 0 bridgehead atoms. The van der Waals surface area contributed by atoms with Crippen molar-refractivity contribution in [3.63, 3.8) is 0 Å². The van der Waals surface area contributed by atoms with Gasteiger partial charge in [-0.05, 0) is 71.4 Å². The van der Waals surface area contributed by atoms with Crippen LogP contribution in [0, 0.1) is 0 Å². The minimum Gasteiger partial charge on any atom is -0.448 e. The Morgan fingerprint density at radius 2 is 2.11 bits per heavy atom. The van der Waals surface area contributed by atoms with E-state index in [2.05, 4.69) is 37.7 Å². The Labute approximate surface area is 230 Å². The molecule has 1 saturated heterocycles. The molecule has 2 aliphatic rings. The van der Waals surface area contributed by atoms with Crippen molar-refractivity contribution in [1.82, 2.24) is 30.1 Å². The number of benzene rings is 1. The van der Waals surface area contributed by atoms with Crippen LogP contribution in [0.3, 0.4) is 0 Å². The Balaban J connectivity index is 1.08. The molecule has 1 aliphatic heterocycles. The van der Waals surface area contributed by atoms with E-state index in [4.69, 9.17) is 9.15 Å². The van der Waals surface area contributed by atoms with E-state index in [1.165, 1.54) is 23.5 Å². The molecule has 0 unspecified atom stereocenters. The molecule has 1 fully saturated rings. The average Bonchev–Trinajstić information content (AvgIpc) is 3.71. The zero-order valence-electron chi connectivity index (χ0n) is 20.2. The highest BCUT2D eigenvalue weighted by molar-refractivity contribution is 8.01. The molecule has 1 amide bonds. The van der Waals surface area contributed by atoms with Gasteiger partial charge in [0.1, 0.15) is 5.76 Å². The fraction of sp³-hybridized carbons (Fsp3) is 0.280. The number of tetrazole rings is 1. The maximum absolute atomic E-state index is 12.4. The van der Waals surface area contributed by atoms with Crippen LogP contribution >= 0.6 is 34.9 Å². The lowest BCUT2D eigenvalue weighted by atomic mass is 10.1. The molecule has 13 heteroatoms. The quantitative estimate of drug-likeness (QED) is 0.217. The van der Waals surface area contributed by atoms with Gasteiger partial charge in [0, 0.05) is 13.1 Å². The molecule has 194 valence electrons. The van der Waals surface area contributed by atoms with Gasteiger partial charge in [0.25, 0.3) is 0 Å². The number of furan rings is 1. The monoisotopic (exact) mass is 565 g/mol. The lowest BCUT2D eigenvalue weighted by Gasteiger charge is -2.26. The minimum absolute atomic E-state index is 0.123. The topological polar surface area (TPSA) is 112 Å². The number of thioether (sulfide) groups is 1. The van der Waals surface area contributed by atoms with Crippen LogP contribution in [0.5, 0.6) is 0 Å². The summed E-state index contributed by atoms with van der Waals surface area (Å²) in [6.07, 6.45) is 9.95. The second-order valence-electron chi connectivity index (χ2n) is 8.41. The molecule has 4 heterocycles. The van der Waals surface area contributed by atoms with Crippen LogP contribution in [0.25, 0.3) is 15.9 Å². The van der Waals surface area contributed by atoms with E-state index in [0.717, 1.165) is 38.8 Å². The summed E-state index contributed by atoms with van der Waals surface area (Å²) in [5.74, 6) is 1.13. The molecular formula is C25H23N7O3S3. The number of allylic oxidation sites excluding steroid dienone is 4. The Morgan fingerprint density at radius 1 is 1.18 bits per heavy atom. The first-order chi connectivity index (χ1) is 18.7. The first kappa shape index (κ1) is 25.0. The van der Waals surface area contributed by atoms with Gasteiger partial charge < -0.3 is 14.1 Å². The predicted molar refractivity (Wildman–Crippen MR) is 148 cm³/mol. The highest BCUT2D eigenvalue weighted by atomic mass is 32.2. The van der Waals surface area contributed by atoms with E-state index < -0.39 is 0 Å². The fourth-order valence-electron chi connectivity index (χ4n) is 3.91. The number of hydrogen-bond donors (Lipinski definition) is 0. The molecule has 4 aromatic rings. The summed E-state index contributed by atoms with van der Waals surface area (Å²) < 4.78 is 14.9. The maximum Gasteiger partial charge on any atom is 0.233 e. The summed E-state index contributed by atoms with van der Waals surface area (Å²) in [7, 11) is 0. The van der Waals surface area contributed by atoms with Crippen molar-refractivity contribution >= 4 is 68.6 Å². The predicted octanol–water partition coefficient (Wildman–Crippen LogP) is 4.92. The summed E-state index contributed by atoms with van der Waals surface area (Å²) >= 11 is 4.40.